The number of hydrogen-bond donors (Lipinski definition) is 5. The number of primary amides is 1. The lowest BCUT2D eigenvalue weighted by atomic mass is 9.84. The lowest BCUT2D eigenvalue weighted by Crippen LogP contribution is -2.51. The Bertz CT molecular complexity index is 889. The number of aliphatic hydroxyl groups excluding tert-OH is 1. The number of carbonyl (C=O) groups excluding carboxylic acids is 3. The molecule has 2 aliphatic rings. The number of benzene rings is 1. The standard InChI is InChI=1S/C24H35N5O4/c1-2-15-6-5-7-17(10-15)28-24(33)20-11-16(14-30)13-29(20)21(31)12-27-19-9-4-3-8-18(19)22(25)23(26)32/h3-4,8-9,15-17,20,25,27,30H,2,5-7,10-14H2,1H3,(H2,26,32)(H,28,33)/p+1/t15?,16-,17?,20-/m0/s1. The molecular formula is C24H36N5O4+. The number of likely N-dealkylation sites (tertiary alicyclic amines) is 1. The van der Waals surface area contributed by atoms with Gasteiger partial charge in [-0.1, -0.05) is 38.3 Å². The third-order valence-electron chi connectivity index (χ3n) is 6.89. The molecule has 4 atom stereocenters. The van der Waals surface area contributed by atoms with Crippen molar-refractivity contribution in [1.82, 2.24) is 10.2 Å². The van der Waals surface area contributed by atoms with Crippen LogP contribution in [-0.4, -0.2) is 65.2 Å². The highest BCUT2D eigenvalue weighted by molar-refractivity contribution is 6.43. The SMILES string of the molecule is CCC1CCCC(NC(=O)[C@@H]2C[C@H](CO)CN2C(=O)CNc2ccccc2C(=[NH2+])C(N)=O)C1. The Hall–Kier alpha value is -2.94. The zero-order valence-electron chi connectivity index (χ0n) is 19.3. The van der Waals surface area contributed by atoms with Crippen molar-refractivity contribution in [2.45, 2.75) is 57.5 Å². The molecule has 3 rings (SSSR count). The number of amides is 3. The number of anilines is 1. The average molecular weight is 459 g/mol. The molecule has 180 valence electrons. The third kappa shape index (κ3) is 6.10. The van der Waals surface area contributed by atoms with Crippen LogP contribution in [-0.2, 0) is 14.4 Å². The van der Waals surface area contributed by atoms with E-state index in [1.54, 1.807) is 29.2 Å². The summed E-state index contributed by atoms with van der Waals surface area (Å²) in [5, 5.41) is 21.6. The summed E-state index contributed by atoms with van der Waals surface area (Å²) in [6.07, 6.45) is 5.79. The molecule has 1 aromatic rings. The Balaban J connectivity index is 1.65. The summed E-state index contributed by atoms with van der Waals surface area (Å²) in [6, 6.07) is 6.37. The molecule has 0 aromatic heterocycles. The van der Waals surface area contributed by atoms with Gasteiger partial charge < -0.3 is 26.4 Å². The number of nitrogens with zero attached hydrogens (tertiary/aromatic N) is 1. The summed E-state index contributed by atoms with van der Waals surface area (Å²) >= 11 is 0. The number of para-hydroxylation sites is 1. The molecule has 1 aliphatic heterocycles. The number of rotatable bonds is 9. The first-order chi connectivity index (χ1) is 15.8. The predicted octanol–water partition coefficient (Wildman–Crippen LogP) is -0.574. The first-order valence-electron chi connectivity index (χ1n) is 11.8. The quantitative estimate of drug-likeness (QED) is 0.314. The van der Waals surface area contributed by atoms with Gasteiger partial charge in [-0.3, -0.25) is 14.4 Å². The third-order valence-corrected chi connectivity index (χ3v) is 6.89. The monoisotopic (exact) mass is 458 g/mol. The van der Waals surface area contributed by atoms with E-state index in [0.29, 0.717) is 30.1 Å². The van der Waals surface area contributed by atoms with Gasteiger partial charge in [0, 0.05) is 30.8 Å². The molecule has 0 bridgehead atoms. The molecular weight excluding hydrogens is 422 g/mol. The van der Waals surface area contributed by atoms with E-state index >= 15 is 0 Å². The van der Waals surface area contributed by atoms with E-state index in [0.717, 1.165) is 25.7 Å². The molecule has 0 radical (unpaired) electrons. The van der Waals surface area contributed by atoms with Gasteiger partial charge >= 0.3 is 5.91 Å². The van der Waals surface area contributed by atoms with Crippen LogP contribution in [0.15, 0.2) is 24.3 Å². The van der Waals surface area contributed by atoms with Gasteiger partial charge in [0.2, 0.25) is 11.8 Å². The van der Waals surface area contributed by atoms with Gasteiger partial charge in [0.1, 0.15) is 6.04 Å². The summed E-state index contributed by atoms with van der Waals surface area (Å²) < 4.78 is 0. The van der Waals surface area contributed by atoms with Gasteiger partial charge in [0.05, 0.1) is 12.1 Å². The molecule has 1 heterocycles. The van der Waals surface area contributed by atoms with Crippen molar-refractivity contribution in [3.63, 3.8) is 0 Å². The maximum atomic E-state index is 13.1. The maximum absolute atomic E-state index is 13.1. The van der Waals surface area contributed by atoms with Gasteiger partial charge in [0.15, 0.2) is 0 Å². The second-order valence-corrected chi connectivity index (χ2v) is 9.17. The minimum atomic E-state index is -0.745. The molecule has 7 N–H and O–H groups in total. The molecule has 3 amide bonds. The van der Waals surface area contributed by atoms with Crippen molar-refractivity contribution in [2.75, 3.05) is 25.0 Å². The van der Waals surface area contributed by atoms with Crippen LogP contribution < -0.4 is 21.8 Å². The topological polar surface area (TPSA) is 150 Å². The van der Waals surface area contributed by atoms with E-state index in [4.69, 9.17) is 11.1 Å². The first kappa shape index (κ1) is 24.7. The molecule has 9 heteroatoms. The average Bonchev–Trinajstić information content (AvgIpc) is 3.27. The maximum Gasteiger partial charge on any atom is 0.313 e. The zero-order chi connectivity index (χ0) is 24.0. The number of carbonyl (C=O) groups is 3. The number of nitrogens with one attached hydrogen (secondary N) is 2. The lowest BCUT2D eigenvalue weighted by molar-refractivity contribution is -0.137. The van der Waals surface area contributed by atoms with E-state index in [2.05, 4.69) is 17.6 Å². The van der Waals surface area contributed by atoms with Crippen LogP contribution in [0.5, 0.6) is 0 Å². The smallest absolute Gasteiger partial charge is 0.313 e. The molecule has 9 nitrogen and oxygen atoms in total. The highest BCUT2D eigenvalue weighted by atomic mass is 16.3. The molecule has 1 saturated carbocycles. The van der Waals surface area contributed by atoms with Crippen LogP contribution in [0.2, 0.25) is 0 Å². The van der Waals surface area contributed by atoms with Gasteiger partial charge in [-0.25, -0.2) is 5.41 Å². The fourth-order valence-electron chi connectivity index (χ4n) is 4.95. The number of nitrogens with two attached hydrogens (primary N) is 2. The molecule has 1 aliphatic carbocycles. The largest absolute Gasteiger partial charge is 0.396 e. The van der Waals surface area contributed by atoms with Gasteiger partial charge in [-0.05, 0) is 37.3 Å². The summed E-state index contributed by atoms with van der Waals surface area (Å²) in [5.74, 6) is -0.651. The van der Waals surface area contributed by atoms with Gasteiger partial charge in [-0.2, -0.15) is 0 Å². The van der Waals surface area contributed by atoms with Crippen LogP contribution in [0.4, 0.5) is 5.69 Å². The van der Waals surface area contributed by atoms with Gasteiger partial charge in [-0.15, -0.1) is 0 Å². The molecule has 1 aromatic carbocycles. The van der Waals surface area contributed by atoms with Crippen molar-refractivity contribution >= 4 is 29.1 Å². The fourth-order valence-corrected chi connectivity index (χ4v) is 4.95. The van der Waals surface area contributed by atoms with Crippen LogP contribution in [0.3, 0.4) is 0 Å². The Kier molecular flexibility index (Phi) is 8.43. The Morgan fingerprint density at radius 1 is 1.18 bits per heavy atom. The van der Waals surface area contributed by atoms with E-state index in [1.165, 1.54) is 6.42 Å². The van der Waals surface area contributed by atoms with E-state index < -0.39 is 11.9 Å². The normalized spacial score (nSPS) is 24.8. The Morgan fingerprint density at radius 2 is 1.94 bits per heavy atom. The van der Waals surface area contributed by atoms with Crippen molar-refractivity contribution in [3.05, 3.63) is 29.8 Å². The predicted molar refractivity (Wildman–Crippen MR) is 125 cm³/mol. The summed E-state index contributed by atoms with van der Waals surface area (Å²) in [5.41, 5.74) is 6.13. The molecule has 1 saturated heterocycles. The summed E-state index contributed by atoms with van der Waals surface area (Å²) in [4.78, 5) is 39.2. The number of aliphatic hydroxyl groups is 1. The second-order valence-electron chi connectivity index (χ2n) is 9.17. The molecule has 0 spiro atoms. The minimum absolute atomic E-state index is 0.0741. The van der Waals surface area contributed by atoms with E-state index in [9.17, 15) is 19.5 Å². The fraction of sp³-hybridized carbons (Fsp3) is 0.583. The van der Waals surface area contributed by atoms with Crippen LogP contribution in [0.1, 0.15) is 51.0 Å². The molecule has 2 fully saturated rings. The van der Waals surface area contributed by atoms with Crippen LogP contribution >= 0.6 is 0 Å². The highest BCUT2D eigenvalue weighted by Crippen LogP contribution is 2.28. The summed E-state index contributed by atoms with van der Waals surface area (Å²) in [6.45, 7) is 2.36. The van der Waals surface area contributed by atoms with Crippen LogP contribution in [0, 0.1) is 11.8 Å². The van der Waals surface area contributed by atoms with Crippen molar-refractivity contribution in [2.24, 2.45) is 17.6 Å². The molecule has 2 unspecified atom stereocenters. The van der Waals surface area contributed by atoms with E-state index in [1.807, 2.05) is 0 Å². The van der Waals surface area contributed by atoms with Crippen molar-refractivity contribution < 1.29 is 24.9 Å². The molecule has 33 heavy (non-hydrogen) atoms. The second kappa shape index (κ2) is 11.3. The zero-order valence-corrected chi connectivity index (χ0v) is 19.3. The lowest BCUT2D eigenvalue weighted by Gasteiger charge is -2.31. The first-order valence-corrected chi connectivity index (χ1v) is 11.8. The highest BCUT2D eigenvalue weighted by Gasteiger charge is 2.40. The summed E-state index contributed by atoms with van der Waals surface area (Å²) in [7, 11) is 0. The number of hydrogen-bond acceptors (Lipinski definition) is 5. The minimum Gasteiger partial charge on any atom is -0.396 e. The van der Waals surface area contributed by atoms with E-state index in [-0.39, 0.29) is 42.6 Å². The van der Waals surface area contributed by atoms with Crippen LogP contribution in [0.25, 0.3) is 0 Å². The van der Waals surface area contributed by atoms with Gasteiger partial charge in [0.25, 0.3) is 5.71 Å². The van der Waals surface area contributed by atoms with Crippen molar-refractivity contribution in [3.8, 4) is 0 Å². The van der Waals surface area contributed by atoms with Crippen molar-refractivity contribution in [1.29, 1.82) is 0 Å². The Morgan fingerprint density at radius 3 is 2.64 bits per heavy atom. The Labute approximate surface area is 194 Å².